The number of rotatable bonds is 6. The second-order valence-corrected chi connectivity index (χ2v) is 4.87. The van der Waals surface area contributed by atoms with Crippen molar-refractivity contribution in [3.63, 3.8) is 0 Å². The minimum atomic E-state index is 0.755. The van der Waals surface area contributed by atoms with Crippen LogP contribution in [0.5, 0.6) is 0 Å². The third kappa shape index (κ3) is 3.08. The third-order valence-electron chi connectivity index (χ3n) is 3.56. The van der Waals surface area contributed by atoms with Crippen molar-refractivity contribution in [1.82, 2.24) is 9.97 Å². The molecular formula is C13H23N3. The van der Waals surface area contributed by atoms with E-state index in [2.05, 4.69) is 9.97 Å². The second kappa shape index (κ2) is 6.04. The van der Waals surface area contributed by atoms with E-state index in [4.69, 9.17) is 5.73 Å². The molecule has 1 fully saturated rings. The number of nitrogens with one attached hydrogen (secondary N) is 1. The van der Waals surface area contributed by atoms with Gasteiger partial charge in [0, 0.05) is 24.2 Å². The Morgan fingerprint density at radius 3 is 2.81 bits per heavy atom. The fourth-order valence-corrected chi connectivity index (χ4v) is 2.56. The zero-order valence-electron chi connectivity index (χ0n) is 10.0. The molecular weight excluding hydrogens is 198 g/mol. The standard InChI is InChI=1S/C13H23N3/c14-9-5-1-2-8-13-15-10-12(16-13)11-6-3-4-7-11/h10-11H,1-9,14H2,(H,15,16). The number of H-pyrrole nitrogens is 1. The van der Waals surface area contributed by atoms with Gasteiger partial charge in [0.05, 0.1) is 0 Å². The molecule has 1 aliphatic carbocycles. The van der Waals surface area contributed by atoms with E-state index in [0.29, 0.717) is 0 Å². The number of nitrogens with zero attached hydrogens (tertiary/aromatic N) is 1. The second-order valence-electron chi connectivity index (χ2n) is 4.87. The van der Waals surface area contributed by atoms with Crippen molar-refractivity contribution in [3.8, 4) is 0 Å². The van der Waals surface area contributed by atoms with Crippen LogP contribution in [0.25, 0.3) is 0 Å². The summed E-state index contributed by atoms with van der Waals surface area (Å²) in [5, 5.41) is 0. The van der Waals surface area contributed by atoms with Gasteiger partial charge in [-0.05, 0) is 32.2 Å². The van der Waals surface area contributed by atoms with Crippen LogP contribution in [0.2, 0.25) is 0 Å². The zero-order chi connectivity index (χ0) is 11.2. The first-order valence-electron chi connectivity index (χ1n) is 6.64. The largest absolute Gasteiger partial charge is 0.346 e. The highest BCUT2D eigenvalue weighted by Crippen LogP contribution is 2.32. The summed E-state index contributed by atoms with van der Waals surface area (Å²) in [6, 6.07) is 0. The molecule has 1 aromatic rings. The monoisotopic (exact) mass is 221 g/mol. The molecule has 0 unspecified atom stereocenters. The van der Waals surface area contributed by atoms with Crippen LogP contribution in [-0.4, -0.2) is 16.5 Å². The lowest BCUT2D eigenvalue weighted by molar-refractivity contribution is 0.665. The van der Waals surface area contributed by atoms with Crippen LogP contribution < -0.4 is 5.73 Å². The fraction of sp³-hybridized carbons (Fsp3) is 0.769. The maximum absolute atomic E-state index is 5.47. The summed E-state index contributed by atoms with van der Waals surface area (Å²) >= 11 is 0. The fourth-order valence-electron chi connectivity index (χ4n) is 2.56. The van der Waals surface area contributed by atoms with Crippen LogP contribution in [-0.2, 0) is 6.42 Å². The summed E-state index contributed by atoms with van der Waals surface area (Å²) in [4.78, 5) is 7.96. The molecule has 1 heterocycles. The van der Waals surface area contributed by atoms with Gasteiger partial charge in [-0.1, -0.05) is 19.3 Å². The lowest BCUT2D eigenvalue weighted by Crippen LogP contribution is -1.99. The Morgan fingerprint density at radius 1 is 1.25 bits per heavy atom. The Hall–Kier alpha value is -0.830. The van der Waals surface area contributed by atoms with Gasteiger partial charge in [-0.15, -0.1) is 0 Å². The average molecular weight is 221 g/mol. The molecule has 3 heteroatoms. The first-order chi connectivity index (χ1) is 7.90. The van der Waals surface area contributed by atoms with E-state index in [1.54, 1.807) is 0 Å². The Morgan fingerprint density at radius 2 is 2.06 bits per heavy atom. The number of aromatic amines is 1. The summed E-state index contributed by atoms with van der Waals surface area (Å²) in [6.07, 6.45) is 12.1. The van der Waals surface area contributed by atoms with Gasteiger partial charge in [0.1, 0.15) is 5.82 Å². The summed E-state index contributed by atoms with van der Waals surface area (Å²) in [7, 11) is 0. The molecule has 1 saturated carbocycles. The molecule has 1 aliphatic rings. The molecule has 16 heavy (non-hydrogen) atoms. The van der Waals surface area contributed by atoms with Crippen LogP contribution in [0.1, 0.15) is 62.4 Å². The molecule has 90 valence electrons. The van der Waals surface area contributed by atoms with Gasteiger partial charge in [-0.25, -0.2) is 4.98 Å². The number of nitrogens with two attached hydrogens (primary N) is 1. The third-order valence-corrected chi connectivity index (χ3v) is 3.56. The highest BCUT2D eigenvalue weighted by atomic mass is 14.9. The van der Waals surface area contributed by atoms with E-state index >= 15 is 0 Å². The summed E-state index contributed by atoms with van der Waals surface area (Å²) < 4.78 is 0. The Kier molecular flexibility index (Phi) is 4.40. The van der Waals surface area contributed by atoms with Crippen molar-refractivity contribution in [1.29, 1.82) is 0 Å². The molecule has 3 N–H and O–H groups in total. The van der Waals surface area contributed by atoms with Gasteiger partial charge >= 0.3 is 0 Å². The molecule has 2 rings (SSSR count). The van der Waals surface area contributed by atoms with Gasteiger partial charge in [-0.3, -0.25) is 0 Å². The van der Waals surface area contributed by atoms with Crippen LogP contribution in [0.3, 0.4) is 0 Å². The molecule has 0 spiro atoms. The zero-order valence-corrected chi connectivity index (χ0v) is 10.0. The summed E-state index contributed by atoms with van der Waals surface area (Å²) in [6.45, 7) is 0.811. The summed E-state index contributed by atoms with van der Waals surface area (Å²) in [5.41, 5.74) is 6.84. The van der Waals surface area contributed by atoms with Gasteiger partial charge in [0.2, 0.25) is 0 Å². The normalized spacial score (nSPS) is 17.1. The van der Waals surface area contributed by atoms with E-state index in [-0.39, 0.29) is 0 Å². The smallest absolute Gasteiger partial charge is 0.106 e. The minimum absolute atomic E-state index is 0.755. The van der Waals surface area contributed by atoms with Crippen LogP contribution >= 0.6 is 0 Å². The molecule has 0 atom stereocenters. The number of hydrogen-bond acceptors (Lipinski definition) is 2. The number of hydrogen-bond donors (Lipinski definition) is 2. The van der Waals surface area contributed by atoms with Crippen molar-refractivity contribution in [2.75, 3.05) is 6.54 Å². The van der Waals surface area contributed by atoms with E-state index in [1.165, 1.54) is 50.0 Å². The predicted octanol–water partition coefficient (Wildman–Crippen LogP) is 2.74. The highest BCUT2D eigenvalue weighted by molar-refractivity contribution is 5.09. The Bertz CT molecular complexity index is 300. The van der Waals surface area contributed by atoms with Crippen LogP contribution in [0.4, 0.5) is 0 Å². The molecule has 0 aromatic carbocycles. The minimum Gasteiger partial charge on any atom is -0.346 e. The number of unbranched alkanes of at least 4 members (excludes halogenated alkanes) is 2. The van der Waals surface area contributed by atoms with E-state index in [0.717, 1.165) is 25.3 Å². The van der Waals surface area contributed by atoms with Gasteiger partial charge in [-0.2, -0.15) is 0 Å². The average Bonchev–Trinajstić information content (AvgIpc) is 2.94. The van der Waals surface area contributed by atoms with Crippen molar-refractivity contribution in [3.05, 3.63) is 17.7 Å². The van der Waals surface area contributed by atoms with Crippen LogP contribution in [0.15, 0.2) is 6.20 Å². The summed E-state index contributed by atoms with van der Waals surface area (Å²) in [5.74, 6) is 1.92. The van der Waals surface area contributed by atoms with E-state index in [1.807, 2.05) is 6.20 Å². The lowest BCUT2D eigenvalue weighted by Gasteiger charge is -2.04. The quantitative estimate of drug-likeness (QED) is 0.726. The predicted molar refractivity (Wildman–Crippen MR) is 66.4 cm³/mol. The van der Waals surface area contributed by atoms with E-state index < -0.39 is 0 Å². The van der Waals surface area contributed by atoms with E-state index in [9.17, 15) is 0 Å². The molecule has 0 saturated heterocycles. The molecule has 0 radical (unpaired) electrons. The van der Waals surface area contributed by atoms with Crippen molar-refractivity contribution in [2.24, 2.45) is 5.73 Å². The topological polar surface area (TPSA) is 54.7 Å². The number of imidazole rings is 1. The molecule has 1 aromatic heterocycles. The molecule has 0 amide bonds. The first kappa shape index (κ1) is 11.6. The SMILES string of the molecule is NCCCCCc1ncc(C2CCCC2)[nH]1. The lowest BCUT2D eigenvalue weighted by atomic mass is 10.1. The van der Waals surface area contributed by atoms with Crippen molar-refractivity contribution >= 4 is 0 Å². The first-order valence-corrected chi connectivity index (χ1v) is 6.64. The van der Waals surface area contributed by atoms with Gasteiger partial charge in [0.25, 0.3) is 0 Å². The Labute approximate surface area is 97.8 Å². The van der Waals surface area contributed by atoms with Crippen molar-refractivity contribution < 1.29 is 0 Å². The maximum Gasteiger partial charge on any atom is 0.106 e. The Balaban J connectivity index is 1.77. The highest BCUT2D eigenvalue weighted by Gasteiger charge is 2.18. The van der Waals surface area contributed by atoms with Gasteiger partial charge < -0.3 is 10.7 Å². The van der Waals surface area contributed by atoms with Crippen LogP contribution in [0, 0.1) is 0 Å². The maximum atomic E-state index is 5.47. The molecule has 3 nitrogen and oxygen atoms in total. The van der Waals surface area contributed by atoms with Crippen molar-refractivity contribution in [2.45, 2.75) is 57.3 Å². The molecule has 0 aliphatic heterocycles. The number of aryl methyl sites for hydroxylation is 1. The van der Waals surface area contributed by atoms with Gasteiger partial charge in [0.15, 0.2) is 0 Å². The molecule has 0 bridgehead atoms. The number of aromatic nitrogens is 2.